The second kappa shape index (κ2) is 10.3. The molecule has 0 atom stereocenters. The van der Waals surface area contributed by atoms with Gasteiger partial charge in [-0.3, -0.25) is 24.0 Å². The number of carbonyl (C=O) groups excluding carboxylic acids is 1. The normalized spacial score (nSPS) is 13.2. The standard InChI is InChI=1S/C28H29N5O3/c1-19-6-7-20(27(34)31-21-8-9-21)15-26(19)33-18-30-25-11-10-23(16-24(25)28(33)35)36-14-13-32(2)17-22-5-3-4-12-29-22/h3-7,10-12,15-16,18,21H,8-9,13-14,17H2,1-2H3,(H,31,34). The Bertz CT molecular complexity index is 1450. The largest absolute Gasteiger partial charge is 0.492 e. The van der Waals surface area contributed by atoms with Crippen LogP contribution >= 0.6 is 0 Å². The number of hydrogen-bond acceptors (Lipinski definition) is 6. The third kappa shape index (κ3) is 5.44. The predicted octanol–water partition coefficient (Wildman–Crippen LogP) is 3.49. The first-order chi connectivity index (χ1) is 17.5. The predicted molar refractivity (Wildman–Crippen MR) is 139 cm³/mol. The fourth-order valence-corrected chi connectivity index (χ4v) is 4.04. The van der Waals surface area contributed by atoms with Crippen LogP contribution in [0.1, 0.15) is 34.5 Å². The number of benzene rings is 2. The van der Waals surface area contributed by atoms with Crippen LogP contribution in [0.25, 0.3) is 16.6 Å². The molecule has 1 aliphatic rings. The summed E-state index contributed by atoms with van der Waals surface area (Å²) in [5, 5.41) is 3.46. The molecule has 5 rings (SSSR count). The van der Waals surface area contributed by atoms with Crippen molar-refractivity contribution in [1.29, 1.82) is 0 Å². The van der Waals surface area contributed by atoms with Crippen molar-refractivity contribution >= 4 is 16.8 Å². The van der Waals surface area contributed by atoms with Crippen molar-refractivity contribution in [3.8, 4) is 11.4 Å². The summed E-state index contributed by atoms with van der Waals surface area (Å²) in [6, 6.07) is 16.9. The van der Waals surface area contributed by atoms with E-state index in [1.165, 1.54) is 10.9 Å². The van der Waals surface area contributed by atoms with Gasteiger partial charge in [0, 0.05) is 30.9 Å². The lowest BCUT2D eigenvalue weighted by atomic mass is 10.1. The lowest BCUT2D eigenvalue weighted by molar-refractivity contribution is 0.0951. The molecule has 1 aliphatic carbocycles. The van der Waals surface area contributed by atoms with Crippen molar-refractivity contribution in [2.24, 2.45) is 0 Å². The molecular weight excluding hydrogens is 454 g/mol. The quantitative estimate of drug-likeness (QED) is 0.392. The zero-order valence-corrected chi connectivity index (χ0v) is 20.5. The number of ether oxygens (including phenoxy) is 1. The summed E-state index contributed by atoms with van der Waals surface area (Å²) < 4.78 is 7.45. The molecule has 1 saturated carbocycles. The second-order valence-corrected chi connectivity index (χ2v) is 9.26. The van der Waals surface area contributed by atoms with Gasteiger partial charge in [-0.1, -0.05) is 12.1 Å². The van der Waals surface area contributed by atoms with Crippen molar-refractivity contribution in [3.63, 3.8) is 0 Å². The molecule has 2 heterocycles. The van der Waals surface area contributed by atoms with E-state index < -0.39 is 0 Å². The lowest BCUT2D eigenvalue weighted by Gasteiger charge is -2.16. The van der Waals surface area contributed by atoms with Crippen molar-refractivity contribution in [3.05, 3.63) is 94.3 Å². The molecule has 4 aromatic rings. The van der Waals surface area contributed by atoms with E-state index in [9.17, 15) is 9.59 Å². The third-order valence-electron chi connectivity index (χ3n) is 6.27. The van der Waals surface area contributed by atoms with Crippen molar-refractivity contribution < 1.29 is 9.53 Å². The molecule has 1 fully saturated rings. The van der Waals surface area contributed by atoms with Gasteiger partial charge in [-0.05, 0) is 74.8 Å². The summed E-state index contributed by atoms with van der Waals surface area (Å²) in [6.45, 7) is 3.82. The Balaban J connectivity index is 1.33. The fourth-order valence-electron chi connectivity index (χ4n) is 4.04. The Labute approximate surface area is 209 Å². The van der Waals surface area contributed by atoms with Gasteiger partial charge in [0.05, 0.1) is 22.3 Å². The molecule has 0 saturated heterocycles. The van der Waals surface area contributed by atoms with Gasteiger partial charge in [0.2, 0.25) is 0 Å². The highest BCUT2D eigenvalue weighted by Gasteiger charge is 2.24. The molecule has 2 aromatic heterocycles. The molecule has 0 aliphatic heterocycles. The summed E-state index contributed by atoms with van der Waals surface area (Å²) in [7, 11) is 2.02. The molecule has 0 bridgehead atoms. The van der Waals surface area contributed by atoms with E-state index in [0.29, 0.717) is 41.1 Å². The number of aromatic nitrogens is 3. The summed E-state index contributed by atoms with van der Waals surface area (Å²) >= 11 is 0. The molecule has 184 valence electrons. The van der Waals surface area contributed by atoms with Crippen LogP contribution in [0.4, 0.5) is 0 Å². The molecule has 0 radical (unpaired) electrons. The molecule has 2 aromatic carbocycles. The van der Waals surface area contributed by atoms with Gasteiger partial charge >= 0.3 is 0 Å². The van der Waals surface area contributed by atoms with Crippen molar-refractivity contribution in [2.45, 2.75) is 32.4 Å². The van der Waals surface area contributed by atoms with Gasteiger partial charge in [-0.15, -0.1) is 0 Å². The van der Waals surface area contributed by atoms with Crippen LogP contribution in [0.5, 0.6) is 5.75 Å². The van der Waals surface area contributed by atoms with Crippen LogP contribution in [0.15, 0.2) is 71.9 Å². The van der Waals surface area contributed by atoms with Crippen LogP contribution in [0.2, 0.25) is 0 Å². The first-order valence-electron chi connectivity index (χ1n) is 12.1. The minimum atomic E-state index is -0.208. The van der Waals surface area contributed by atoms with Crippen LogP contribution < -0.4 is 15.6 Å². The van der Waals surface area contributed by atoms with E-state index in [2.05, 4.69) is 20.2 Å². The summed E-state index contributed by atoms with van der Waals surface area (Å²) in [6.07, 6.45) is 5.34. The minimum Gasteiger partial charge on any atom is -0.492 e. The summed E-state index contributed by atoms with van der Waals surface area (Å²) in [4.78, 5) is 36.9. The monoisotopic (exact) mass is 483 g/mol. The smallest absolute Gasteiger partial charge is 0.265 e. The highest BCUT2D eigenvalue weighted by Crippen LogP contribution is 2.22. The average molecular weight is 484 g/mol. The fraction of sp³-hybridized carbons (Fsp3) is 0.286. The number of rotatable bonds is 9. The van der Waals surface area contributed by atoms with E-state index in [1.807, 2.05) is 44.3 Å². The van der Waals surface area contributed by atoms with Gasteiger partial charge in [0.15, 0.2) is 0 Å². The van der Waals surface area contributed by atoms with Crippen LogP contribution in [-0.2, 0) is 6.54 Å². The summed E-state index contributed by atoms with van der Waals surface area (Å²) in [5.74, 6) is 0.490. The van der Waals surface area contributed by atoms with Crippen LogP contribution in [-0.4, -0.2) is 51.6 Å². The number of amides is 1. The Morgan fingerprint density at radius 1 is 1.14 bits per heavy atom. The van der Waals surface area contributed by atoms with Crippen molar-refractivity contribution in [2.75, 3.05) is 20.2 Å². The van der Waals surface area contributed by atoms with E-state index >= 15 is 0 Å². The Kier molecular flexibility index (Phi) is 6.77. The molecule has 1 amide bonds. The van der Waals surface area contributed by atoms with Gasteiger partial charge in [-0.2, -0.15) is 0 Å². The number of fused-ring (bicyclic) bond motifs is 1. The van der Waals surface area contributed by atoms with E-state index in [4.69, 9.17) is 4.74 Å². The second-order valence-electron chi connectivity index (χ2n) is 9.26. The number of pyridine rings is 1. The zero-order chi connectivity index (χ0) is 25.1. The van der Waals surface area contributed by atoms with Crippen LogP contribution in [0.3, 0.4) is 0 Å². The Morgan fingerprint density at radius 3 is 2.78 bits per heavy atom. The van der Waals surface area contributed by atoms with Gasteiger partial charge < -0.3 is 10.1 Å². The summed E-state index contributed by atoms with van der Waals surface area (Å²) in [5.41, 5.74) is 3.43. The van der Waals surface area contributed by atoms with Crippen molar-refractivity contribution in [1.82, 2.24) is 24.8 Å². The average Bonchev–Trinajstić information content (AvgIpc) is 3.70. The van der Waals surface area contributed by atoms with Gasteiger partial charge in [0.25, 0.3) is 11.5 Å². The molecule has 8 heteroatoms. The molecule has 1 N–H and O–H groups in total. The number of carbonyl (C=O) groups is 1. The zero-order valence-electron chi connectivity index (χ0n) is 20.5. The minimum absolute atomic E-state index is 0.121. The highest BCUT2D eigenvalue weighted by atomic mass is 16.5. The van der Waals surface area contributed by atoms with Crippen LogP contribution in [0, 0.1) is 6.92 Å². The maximum absolute atomic E-state index is 13.4. The number of aryl methyl sites for hydroxylation is 1. The van der Waals surface area contributed by atoms with Gasteiger partial charge in [-0.25, -0.2) is 4.98 Å². The topological polar surface area (TPSA) is 89.3 Å². The number of likely N-dealkylation sites (N-methyl/N-ethyl adjacent to an activating group) is 1. The molecule has 8 nitrogen and oxygen atoms in total. The molecule has 36 heavy (non-hydrogen) atoms. The lowest BCUT2D eigenvalue weighted by Crippen LogP contribution is -2.26. The first-order valence-corrected chi connectivity index (χ1v) is 12.1. The van der Waals surface area contributed by atoms with E-state index in [0.717, 1.165) is 30.6 Å². The first kappa shape index (κ1) is 23.7. The molecule has 0 spiro atoms. The number of hydrogen-bond donors (Lipinski definition) is 1. The molecule has 0 unspecified atom stereocenters. The van der Waals surface area contributed by atoms with E-state index in [1.54, 1.807) is 30.5 Å². The Morgan fingerprint density at radius 2 is 2.00 bits per heavy atom. The number of nitrogens with one attached hydrogen (secondary N) is 1. The number of nitrogens with zero attached hydrogens (tertiary/aromatic N) is 4. The Hall–Kier alpha value is -4.04. The maximum Gasteiger partial charge on any atom is 0.265 e. The maximum atomic E-state index is 13.4. The third-order valence-corrected chi connectivity index (χ3v) is 6.27. The highest BCUT2D eigenvalue weighted by molar-refractivity contribution is 5.95. The van der Waals surface area contributed by atoms with E-state index in [-0.39, 0.29) is 17.5 Å². The SMILES string of the molecule is Cc1ccc(C(=O)NC2CC2)cc1-n1cnc2ccc(OCCN(C)Cc3ccccn3)cc2c1=O. The van der Waals surface area contributed by atoms with Gasteiger partial charge in [0.1, 0.15) is 18.7 Å². The molecular formula is C28H29N5O3.